The number of hydrogen-bond donors (Lipinski definition) is 3. The zero-order chi connectivity index (χ0) is 23.3. The summed E-state index contributed by atoms with van der Waals surface area (Å²) >= 11 is 4.17. The summed E-state index contributed by atoms with van der Waals surface area (Å²) < 4.78 is 62.0. The van der Waals surface area contributed by atoms with Crippen LogP contribution < -0.4 is 15.4 Å². The van der Waals surface area contributed by atoms with E-state index in [1.807, 2.05) is 0 Å². The maximum atomic E-state index is 12.7. The van der Waals surface area contributed by atoms with Crippen LogP contribution in [0.25, 0.3) is 11.1 Å². The Morgan fingerprint density at radius 2 is 1.72 bits per heavy atom. The van der Waals surface area contributed by atoms with Crippen LogP contribution in [0.5, 0.6) is 5.75 Å². The molecule has 0 aliphatic rings. The van der Waals surface area contributed by atoms with Crippen LogP contribution in [0.1, 0.15) is 5.56 Å². The van der Waals surface area contributed by atoms with Gasteiger partial charge in [-0.15, -0.1) is 13.2 Å². The number of para-hydroxylation sites is 1. The highest BCUT2D eigenvalue weighted by molar-refractivity contribution is 7.79. The van der Waals surface area contributed by atoms with Gasteiger partial charge in [-0.25, -0.2) is 9.00 Å². The van der Waals surface area contributed by atoms with Gasteiger partial charge < -0.3 is 19.9 Å². The van der Waals surface area contributed by atoms with Crippen molar-refractivity contribution in [3.8, 4) is 16.9 Å². The second-order valence-corrected chi connectivity index (χ2v) is 7.82. The van der Waals surface area contributed by atoms with Gasteiger partial charge >= 0.3 is 12.4 Å². The van der Waals surface area contributed by atoms with Crippen molar-refractivity contribution in [1.82, 2.24) is 5.32 Å². The molecule has 0 heterocycles. The molecule has 0 bridgehead atoms. The van der Waals surface area contributed by atoms with Crippen molar-refractivity contribution in [1.29, 1.82) is 0 Å². The number of carbonyl (C=O) groups excluding carboxylic acids is 1. The van der Waals surface area contributed by atoms with E-state index in [1.165, 1.54) is 48.5 Å². The Kier molecular flexibility index (Phi) is 7.39. The van der Waals surface area contributed by atoms with Crippen molar-refractivity contribution in [3.05, 3.63) is 77.3 Å². The van der Waals surface area contributed by atoms with Crippen LogP contribution in [0.3, 0.4) is 0 Å². The smallest absolute Gasteiger partial charge is 0.405 e. The van der Waals surface area contributed by atoms with E-state index in [0.717, 1.165) is 0 Å². The van der Waals surface area contributed by atoms with E-state index in [4.69, 9.17) is 16.2 Å². The van der Waals surface area contributed by atoms with Gasteiger partial charge in [0.25, 0.3) is 0 Å². The van der Waals surface area contributed by atoms with Crippen LogP contribution in [0, 0.1) is 0 Å². The van der Waals surface area contributed by atoms with Gasteiger partial charge in [0.15, 0.2) is 11.1 Å². The first kappa shape index (κ1) is 23.6. The Labute approximate surface area is 188 Å². The minimum absolute atomic E-state index is 0.119. The number of hydrogen-bond acceptors (Lipinski definition) is 3. The zero-order valence-corrected chi connectivity index (χ0v) is 17.7. The fourth-order valence-electron chi connectivity index (χ4n) is 2.80. The second kappa shape index (κ2) is 10.0. The third-order valence-corrected chi connectivity index (χ3v) is 5.20. The fraction of sp³-hybridized carbons (Fsp3) is 0.0952. The number of alkyl halides is 3. The Balaban J connectivity index is 1.67. The molecule has 1 atom stereocenters. The lowest BCUT2D eigenvalue weighted by molar-refractivity contribution is -0.274. The molecule has 32 heavy (non-hydrogen) atoms. The van der Waals surface area contributed by atoms with E-state index in [9.17, 15) is 22.2 Å². The van der Waals surface area contributed by atoms with E-state index in [2.05, 4.69) is 15.4 Å². The average molecular weight is 485 g/mol. The normalized spacial score (nSPS) is 12.2. The number of halogens is 4. The topological polar surface area (TPSA) is 87.7 Å². The van der Waals surface area contributed by atoms with Crippen LogP contribution in [-0.4, -0.2) is 21.2 Å². The van der Waals surface area contributed by atoms with Gasteiger partial charge in [-0.2, -0.15) is 0 Å². The maximum absolute atomic E-state index is 12.7. The van der Waals surface area contributed by atoms with Crippen LogP contribution in [0.15, 0.2) is 71.6 Å². The molecule has 11 heteroatoms. The summed E-state index contributed by atoms with van der Waals surface area (Å²) in [5.41, 5.74) is 1.50. The predicted octanol–water partition coefficient (Wildman–Crippen LogP) is 5.81. The highest BCUT2D eigenvalue weighted by Crippen LogP contribution is 2.38. The van der Waals surface area contributed by atoms with E-state index in [-0.39, 0.29) is 22.0 Å². The van der Waals surface area contributed by atoms with Crippen molar-refractivity contribution >= 4 is 34.4 Å². The number of amides is 2. The number of benzene rings is 3. The predicted molar refractivity (Wildman–Crippen MR) is 115 cm³/mol. The molecule has 6 nitrogen and oxygen atoms in total. The van der Waals surface area contributed by atoms with Crippen LogP contribution in [0.4, 0.5) is 23.7 Å². The van der Waals surface area contributed by atoms with Gasteiger partial charge in [0.05, 0.1) is 9.92 Å². The number of urea groups is 1. The molecule has 0 fully saturated rings. The quantitative estimate of drug-likeness (QED) is 0.385. The summed E-state index contributed by atoms with van der Waals surface area (Å²) in [4.78, 5) is 12.4. The van der Waals surface area contributed by atoms with E-state index in [0.29, 0.717) is 16.8 Å². The molecule has 168 valence electrons. The first-order valence-corrected chi connectivity index (χ1v) is 10.5. The van der Waals surface area contributed by atoms with Crippen LogP contribution in [0.2, 0.25) is 5.02 Å². The summed E-state index contributed by atoms with van der Waals surface area (Å²) in [5.74, 6) is -0.392. The molecule has 0 saturated carbocycles. The zero-order valence-electron chi connectivity index (χ0n) is 16.2. The van der Waals surface area contributed by atoms with Crippen molar-refractivity contribution in [2.75, 3.05) is 5.32 Å². The highest BCUT2D eigenvalue weighted by Gasteiger charge is 2.32. The third-order valence-electron chi connectivity index (χ3n) is 4.21. The molecule has 3 aromatic carbocycles. The molecule has 0 spiro atoms. The number of anilines is 1. The first-order valence-electron chi connectivity index (χ1n) is 9.02. The Morgan fingerprint density at radius 3 is 2.34 bits per heavy atom. The van der Waals surface area contributed by atoms with Gasteiger partial charge in [-0.05, 0) is 35.9 Å². The summed E-state index contributed by atoms with van der Waals surface area (Å²) in [7, 11) is 0. The van der Waals surface area contributed by atoms with Crippen LogP contribution in [-0.2, 0) is 17.6 Å². The molecule has 3 N–H and O–H groups in total. The van der Waals surface area contributed by atoms with Crippen molar-refractivity contribution in [2.45, 2.75) is 17.8 Å². The molecule has 0 aliphatic carbocycles. The molecular weight excluding hydrogens is 469 g/mol. The van der Waals surface area contributed by atoms with E-state index in [1.54, 1.807) is 18.2 Å². The fourth-order valence-corrected chi connectivity index (χ4v) is 3.45. The van der Waals surface area contributed by atoms with Gasteiger partial charge in [-0.1, -0.05) is 48.0 Å². The molecule has 0 saturated heterocycles. The molecule has 3 aromatic rings. The van der Waals surface area contributed by atoms with Crippen molar-refractivity contribution in [3.63, 3.8) is 0 Å². The van der Waals surface area contributed by atoms with Crippen molar-refractivity contribution < 1.29 is 31.5 Å². The number of ether oxygens (including phenoxy) is 1. The lowest BCUT2D eigenvalue weighted by atomic mass is 10.0. The van der Waals surface area contributed by atoms with Gasteiger partial charge in [0.2, 0.25) is 0 Å². The van der Waals surface area contributed by atoms with E-state index < -0.39 is 29.2 Å². The lowest BCUT2D eigenvalue weighted by Crippen LogP contribution is -2.28. The molecular formula is C21H16ClF3N2O4S. The lowest BCUT2D eigenvalue weighted by Gasteiger charge is -2.15. The number of rotatable bonds is 6. The summed E-state index contributed by atoms with van der Waals surface area (Å²) in [6.07, 6.45) is -4.85. The van der Waals surface area contributed by atoms with Gasteiger partial charge in [0, 0.05) is 23.4 Å². The first-order chi connectivity index (χ1) is 15.1. The summed E-state index contributed by atoms with van der Waals surface area (Å²) in [5, 5.41) is 5.32. The molecule has 3 rings (SSSR count). The minimum Gasteiger partial charge on any atom is -0.405 e. The van der Waals surface area contributed by atoms with Crippen LogP contribution >= 0.6 is 11.6 Å². The number of carbonyl (C=O) groups is 1. The molecule has 0 aliphatic heterocycles. The van der Waals surface area contributed by atoms with Crippen molar-refractivity contribution in [2.24, 2.45) is 0 Å². The monoisotopic (exact) mass is 484 g/mol. The summed E-state index contributed by atoms with van der Waals surface area (Å²) in [6.45, 7) is 0.165. The maximum Gasteiger partial charge on any atom is 0.573 e. The summed E-state index contributed by atoms with van der Waals surface area (Å²) in [6, 6.07) is 15.6. The largest absolute Gasteiger partial charge is 0.573 e. The molecule has 1 unspecified atom stereocenters. The second-order valence-electron chi connectivity index (χ2n) is 6.44. The van der Waals surface area contributed by atoms with Gasteiger partial charge in [0.1, 0.15) is 5.75 Å². The Morgan fingerprint density at radius 1 is 1.03 bits per heavy atom. The van der Waals surface area contributed by atoms with Gasteiger partial charge in [-0.3, -0.25) is 0 Å². The molecule has 2 amide bonds. The Hall–Kier alpha value is -3.08. The van der Waals surface area contributed by atoms with E-state index >= 15 is 0 Å². The SMILES string of the molecule is O=C(NCc1ccc(S(=O)O)cc1)Nc1ccc(-c2ccccc2OC(F)(F)F)c(Cl)c1. The average Bonchev–Trinajstić information content (AvgIpc) is 2.72. The number of nitrogens with one attached hydrogen (secondary N) is 2. The standard InChI is InChI=1S/C21H16ClF3N2O4S/c22-18-11-14(27-20(28)26-12-13-5-8-15(9-6-13)32(29)30)7-10-16(18)17-3-1-2-4-19(17)31-21(23,24)25/h1-11H,12H2,(H,29,30)(H2,26,27,28). The minimum atomic E-state index is -4.85. The third kappa shape index (κ3) is 6.46. The molecule has 0 radical (unpaired) electrons. The molecule has 0 aromatic heterocycles. The highest BCUT2D eigenvalue weighted by atomic mass is 35.5. The Bertz CT molecular complexity index is 1140.